The summed E-state index contributed by atoms with van der Waals surface area (Å²) in [7, 11) is 1.45. The Hall–Kier alpha value is -2.60. The van der Waals surface area contributed by atoms with E-state index in [0.717, 1.165) is 6.07 Å². The van der Waals surface area contributed by atoms with E-state index in [-0.39, 0.29) is 5.56 Å². The largest absolute Gasteiger partial charge is 0.495 e. The second-order valence-corrected chi connectivity index (χ2v) is 5.33. The van der Waals surface area contributed by atoms with Crippen LogP contribution in [0.4, 0.5) is 10.1 Å². The van der Waals surface area contributed by atoms with Gasteiger partial charge in [0.05, 0.1) is 18.4 Å². The summed E-state index contributed by atoms with van der Waals surface area (Å²) < 4.78 is 23.3. The Morgan fingerprint density at radius 1 is 1.21 bits per heavy atom. The first-order valence-electron chi connectivity index (χ1n) is 7.01. The van der Waals surface area contributed by atoms with Gasteiger partial charge in [0.25, 0.3) is 5.91 Å². The molecule has 126 valence electrons. The van der Waals surface area contributed by atoms with Crippen molar-refractivity contribution < 1.29 is 23.5 Å². The van der Waals surface area contributed by atoms with E-state index >= 15 is 0 Å². The fourth-order valence-electron chi connectivity index (χ4n) is 1.91. The number of hydrogen-bond acceptors (Lipinski definition) is 4. The first-order valence-corrected chi connectivity index (χ1v) is 7.39. The molecule has 0 aliphatic carbocycles. The van der Waals surface area contributed by atoms with E-state index in [4.69, 9.17) is 21.1 Å². The molecule has 5 nitrogen and oxygen atoms in total. The molecule has 0 bridgehead atoms. The minimum absolute atomic E-state index is 0.0231. The van der Waals surface area contributed by atoms with Crippen molar-refractivity contribution in [3.8, 4) is 5.75 Å². The standard InChI is InChI=1S/C17H15ClFNO4/c1-10(24-17(22)11-4-3-5-13(19)8-11)16(21)20-14-9-12(18)6-7-15(14)23-2/h3-10H,1-2H3,(H,20,21)/t10-/m1/s1. The zero-order valence-corrected chi connectivity index (χ0v) is 13.8. The van der Waals surface area contributed by atoms with E-state index in [0.29, 0.717) is 16.5 Å². The van der Waals surface area contributed by atoms with Crippen molar-refractivity contribution in [2.45, 2.75) is 13.0 Å². The lowest BCUT2D eigenvalue weighted by Gasteiger charge is -2.15. The van der Waals surface area contributed by atoms with Crippen LogP contribution in [0.3, 0.4) is 0 Å². The van der Waals surface area contributed by atoms with Crippen molar-refractivity contribution in [3.63, 3.8) is 0 Å². The van der Waals surface area contributed by atoms with E-state index in [1.807, 2.05) is 0 Å². The number of methoxy groups -OCH3 is 1. The maximum absolute atomic E-state index is 13.1. The molecule has 0 aliphatic heterocycles. The predicted molar refractivity (Wildman–Crippen MR) is 87.9 cm³/mol. The molecule has 1 atom stereocenters. The van der Waals surface area contributed by atoms with Crippen LogP contribution in [0.25, 0.3) is 0 Å². The number of rotatable bonds is 5. The number of benzene rings is 2. The summed E-state index contributed by atoms with van der Waals surface area (Å²) in [6.07, 6.45) is -1.09. The van der Waals surface area contributed by atoms with Gasteiger partial charge in [0.2, 0.25) is 0 Å². The van der Waals surface area contributed by atoms with Crippen molar-refractivity contribution in [3.05, 3.63) is 58.9 Å². The van der Waals surface area contributed by atoms with E-state index in [9.17, 15) is 14.0 Å². The molecule has 0 spiro atoms. The number of nitrogens with one attached hydrogen (secondary N) is 1. The normalized spacial score (nSPS) is 11.5. The summed E-state index contributed by atoms with van der Waals surface area (Å²) in [5.74, 6) is -1.52. The van der Waals surface area contributed by atoms with Gasteiger partial charge in [-0.25, -0.2) is 9.18 Å². The number of carbonyl (C=O) groups is 2. The molecule has 0 heterocycles. The lowest BCUT2D eigenvalue weighted by atomic mass is 10.2. The minimum atomic E-state index is -1.09. The topological polar surface area (TPSA) is 64.6 Å². The highest BCUT2D eigenvalue weighted by Gasteiger charge is 2.20. The quantitative estimate of drug-likeness (QED) is 0.835. The number of carbonyl (C=O) groups excluding carboxylic acids is 2. The Morgan fingerprint density at radius 3 is 2.62 bits per heavy atom. The highest BCUT2D eigenvalue weighted by Crippen LogP contribution is 2.27. The third kappa shape index (κ3) is 4.45. The maximum Gasteiger partial charge on any atom is 0.339 e. The molecule has 0 fully saturated rings. The summed E-state index contributed by atoms with van der Waals surface area (Å²) in [6, 6.07) is 9.75. The molecule has 0 aliphatic rings. The number of hydrogen-bond donors (Lipinski definition) is 1. The second kappa shape index (κ2) is 7.79. The molecule has 2 aromatic rings. The molecular formula is C17H15ClFNO4. The third-order valence-electron chi connectivity index (χ3n) is 3.13. The molecule has 1 N–H and O–H groups in total. The van der Waals surface area contributed by atoms with Crippen LogP contribution in [0.2, 0.25) is 5.02 Å². The Morgan fingerprint density at radius 2 is 1.96 bits per heavy atom. The lowest BCUT2D eigenvalue weighted by Crippen LogP contribution is -2.30. The SMILES string of the molecule is COc1ccc(Cl)cc1NC(=O)[C@@H](C)OC(=O)c1cccc(F)c1. The van der Waals surface area contributed by atoms with Gasteiger partial charge in [0.1, 0.15) is 11.6 Å². The fraction of sp³-hybridized carbons (Fsp3) is 0.176. The average molecular weight is 352 g/mol. The molecule has 0 aromatic heterocycles. The maximum atomic E-state index is 13.1. The molecular weight excluding hydrogens is 337 g/mol. The predicted octanol–water partition coefficient (Wildman–Crippen LogP) is 3.67. The number of ether oxygens (including phenoxy) is 2. The van der Waals surface area contributed by atoms with Gasteiger partial charge in [-0.3, -0.25) is 4.79 Å². The smallest absolute Gasteiger partial charge is 0.339 e. The van der Waals surface area contributed by atoms with Crippen LogP contribution in [0, 0.1) is 5.82 Å². The summed E-state index contributed by atoms with van der Waals surface area (Å²) in [4.78, 5) is 24.1. The van der Waals surface area contributed by atoms with Crippen molar-refractivity contribution in [2.75, 3.05) is 12.4 Å². The van der Waals surface area contributed by atoms with Crippen LogP contribution >= 0.6 is 11.6 Å². The van der Waals surface area contributed by atoms with Gasteiger partial charge >= 0.3 is 5.97 Å². The molecule has 0 radical (unpaired) electrons. The van der Waals surface area contributed by atoms with E-state index in [2.05, 4.69) is 5.32 Å². The Labute approximate surface area is 143 Å². The lowest BCUT2D eigenvalue weighted by molar-refractivity contribution is -0.123. The molecule has 0 unspecified atom stereocenters. The number of amides is 1. The van der Waals surface area contributed by atoms with Gasteiger partial charge in [0.15, 0.2) is 6.10 Å². The molecule has 0 saturated carbocycles. The molecule has 2 aromatic carbocycles. The first-order chi connectivity index (χ1) is 11.4. The molecule has 0 saturated heterocycles. The van der Waals surface area contributed by atoms with Crippen LogP contribution < -0.4 is 10.1 Å². The number of esters is 1. The van der Waals surface area contributed by atoms with E-state index in [1.54, 1.807) is 12.1 Å². The van der Waals surface area contributed by atoms with Crippen LogP contribution in [-0.2, 0) is 9.53 Å². The fourth-order valence-corrected chi connectivity index (χ4v) is 2.08. The molecule has 2 rings (SSSR count). The van der Waals surface area contributed by atoms with Crippen molar-refractivity contribution >= 4 is 29.2 Å². The first kappa shape index (κ1) is 17.7. The van der Waals surface area contributed by atoms with Crippen molar-refractivity contribution in [1.29, 1.82) is 0 Å². The number of halogens is 2. The minimum Gasteiger partial charge on any atom is -0.495 e. The number of anilines is 1. The second-order valence-electron chi connectivity index (χ2n) is 4.89. The Kier molecular flexibility index (Phi) is 5.76. The van der Waals surface area contributed by atoms with Crippen LogP contribution in [0.15, 0.2) is 42.5 Å². The van der Waals surface area contributed by atoms with Gasteiger partial charge in [0, 0.05) is 5.02 Å². The van der Waals surface area contributed by atoms with Crippen LogP contribution in [0.1, 0.15) is 17.3 Å². The summed E-state index contributed by atoms with van der Waals surface area (Å²) in [5.41, 5.74) is 0.374. The van der Waals surface area contributed by atoms with Crippen molar-refractivity contribution in [2.24, 2.45) is 0 Å². The van der Waals surface area contributed by atoms with Gasteiger partial charge in [-0.1, -0.05) is 17.7 Å². The third-order valence-corrected chi connectivity index (χ3v) is 3.37. The zero-order chi connectivity index (χ0) is 17.7. The highest BCUT2D eigenvalue weighted by atomic mass is 35.5. The van der Waals surface area contributed by atoms with Gasteiger partial charge in [-0.05, 0) is 43.3 Å². The Bertz CT molecular complexity index is 766. The van der Waals surface area contributed by atoms with Crippen LogP contribution in [-0.4, -0.2) is 25.1 Å². The van der Waals surface area contributed by atoms with Crippen molar-refractivity contribution in [1.82, 2.24) is 0 Å². The van der Waals surface area contributed by atoms with Crippen LogP contribution in [0.5, 0.6) is 5.75 Å². The van der Waals surface area contributed by atoms with E-state index in [1.165, 1.54) is 38.3 Å². The Balaban J connectivity index is 2.05. The van der Waals surface area contributed by atoms with Gasteiger partial charge < -0.3 is 14.8 Å². The molecule has 1 amide bonds. The summed E-state index contributed by atoms with van der Waals surface area (Å²) >= 11 is 5.89. The zero-order valence-electron chi connectivity index (χ0n) is 13.0. The molecule has 24 heavy (non-hydrogen) atoms. The van der Waals surface area contributed by atoms with E-state index < -0.39 is 23.8 Å². The summed E-state index contributed by atoms with van der Waals surface area (Å²) in [6.45, 7) is 1.41. The monoisotopic (exact) mass is 351 g/mol. The highest BCUT2D eigenvalue weighted by molar-refractivity contribution is 6.31. The van der Waals surface area contributed by atoms with Gasteiger partial charge in [-0.15, -0.1) is 0 Å². The summed E-state index contributed by atoms with van der Waals surface area (Å²) in [5, 5.41) is 2.98. The van der Waals surface area contributed by atoms with Gasteiger partial charge in [-0.2, -0.15) is 0 Å². The molecule has 7 heteroatoms. The average Bonchev–Trinajstić information content (AvgIpc) is 2.55.